The normalized spacial score (nSPS) is 15.2. The van der Waals surface area contributed by atoms with Crippen LogP contribution in [0.2, 0.25) is 0 Å². The zero-order valence-corrected chi connectivity index (χ0v) is 15.0. The van der Waals surface area contributed by atoms with Gasteiger partial charge in [0.1, 0.15) is 40.7 Å². The smallest absolute Gasteiger partial charge is 0.343 e. The van der Waals surface area contributed by atoms with Crippen molar-refractivity contribution in [2.75, 3.05) is 0 Å². The summed E-state index contributed by atoms with van der Waals surface area (Å²) in [7, 11) is 0. The molecule has 3 rings (SSSR count). The molecule has 1 N–H and O–H groups in total. The van der Waals surface area contributed by atoms with Gasteiger partial charge >= 0.3 is 5.63 Å². The van der Waals surface area contributed by atoms with Crippen molar-refractivity contribution in [3.8, 4) is 24.0 Å². The first-order valence-corrected chi connectivity index (χ1v) is 8.14. The topological polar surface area (TPSA) is 131 Å². The number of phenols is 1. The van der Waals surface area contributed by atoms with Gasteiger partial charge in [-0.2, -0.15) is 15.8 Å². The Morgan fingerprint density at radius 2 is 1.86 bits per heavy atom. The van der Waals surface area contributed by atoms with Gasteiger partial charge in [-0.05, 0) is 38.1 Å². The zero-order valence-electron chi connectivity index (χ0n) is 15.0. The molecule has 7 nitrogen and oxygen atoms in total. The van der Waals surface area contributed by atoms with Crippen molar-refractivity contribution in [3.05, 3.63) is 68.8 Å². The number of hydrogen-bond acceptors (Lipinski definition) is 7. The van der Waals surface area contributed by atoms with Crippen LogP contribution in [0.1, 0.15) is 19.4 Å². The molecule has 2 aromatic rings. The van der Waals surface area contributed by atoms with E-state index in [-0.39, 0.29) is 33.8 Å². The highest BCUT2D eigenvalue weighted by Crippen LogP contribution is 2.40. The Labute approximate surface area is 159 Å². The quantitative estimate of drug-likeness (QED) is 0.632. The highest BCUT2D eigenvalue weighted by atomic mass is 16.5. The van der Waals surface area contributed by atoms with Crippen LogP contribution in [0, 0.1) is 34.0 Å². The summed E-state index contributed by atoms with van der Waals surface area (Å²) in [5.74, 6) is -0.0871. The van der Waals surface area contributed by atoms with Crippen molar-refractivity contribution in [2.24, 2.45) is 0 Å². The van der Waals surface area contributed by atoms with Crippen LogP contribution in [-0.2, 0) is 4.74 Å². The van der Waals surface area contributed by atoms with Crippen LogP contribution in [0.4, 0.5) is 0 Å². The third kappa shape index (κ3) is 3.11. The largest absolute Gasteiger partial charge is 0.508 e. The first-order valence-electron chi connectivity index (χ1n) is 8.14. The molecule has 0 radical (unpaired) electrons. The average molecular weight is 371 g/mol. The minimum atomic E-state index is -0.974. The zero-order chi connectivity index (χ0) is 20.5. The number of fused-ring (bicyclic) bond motifs is 1. The second-order valence-electron chi connectivity index (χ2n) is 6.49. The molecular formula is C21H13N3O4. The number of benzene rings is 1. The maximum absolute atomic E-state index is 12.2. The van der Waals surface area contributed by atoms with Crippen LogP contribution in [0.25, 0.3) is 17.0 Å². The second-order valence-corrected chi connectivity index (χ2v) is 6.49. The highest BCUT2D eigenvalue weighted by molar-refractivity contribution is 5.80. The second kappa shape index (κ2) is 6.79. The maximum Gasteiger partial charge on any atom is 0.343 e. The summed E-state index contributed by atoms with van der Waals surface area (Å²) >= 11 is 0. The molecular weight excluding hydrogens is 358 g/mol. The van der Waals surface area contributed by atoms with Crippen molar-refractivity contribution < 1.29 is 14.3 Å². The van der Waals surface area contributed by atoms with Crippen molar-refractivity contribution in [2.45, 2.75) is 19.4 Å². The van der Waals surface area contributed by atoms with E-state index in [1.54, 1.807) is 38.1 Å². The molecule has 0 unspecified atom stereocenters. The Balaban J connectivity index is 2.14. The monoisotopic (exact) mass is 371 g/mol. The molecule has 0 saturated carbocycles. The Morgan fingerprint density at radius 3 is 2.50 bits per heavy atom. The van der Waals surface area contributed by atoms with Gasteiger partial charge in [0.2, 0.25) is 0 Å². The molecule has 0 saturated heterocycles. The number of hydrogen-bond donors (Lipinski definition) is 1. The molecule has 0 amide bonds. The van der Waals surface area contributed by atoms with Crippen LogP contribution >= 0.6 is 0 Å². The predicted octanol–water partition coefficient (Wildman–Crippen LogP) is 3.44. The van der Waals surface area contributed by atoms with Gasteiger partial charge in [0.25, 0.3) is 0 Å². The molecule has 28 heavy (non-hydrogen) atoms. The summed E-state index contributed by atoms with van der Waals surface area (Å²) in [6.45, 7) is 3.38. The molecule has 7 heteroatoms. The predicted molar refractivity (Wildman–Crippen MR) is 99.2 cm³/mol. The third-order valence-electron chi connectivity index (χ3n) is 4.24. The fourth-order valence-electron chi connectivity index (χ4n) is 2.89. The fraction of sp³-hybridized carbons (Fsp3) is 0.143. The maximum atomic E-state index is 12.2. The van der Waals surface area contributed by atoms with E-state index in [1.165, 1.54) is 24.3 Å². The van der Waals surface area contributed by atoms with Gasteiger partial charge < -0.3 is 14.3 Å². The van der Waals surface area contributed by atoms with Gasteiger partial charge in [0, 0.05) is 17.0 Å². The van der Waals surface area contributed by atoms with Gasteiger partial charge in [-0.25, -0.2) is 4.79 Å². The summed E-state index contributed by atoms with van der Waals surface area (Å²) in [5, 5.41) is 37.8. The molecule has 0 atom stereocenters. The summed E-state index contributed by atoms with van der Waals surface area (Å²) in [6, 6.07) is 11.4. The number of nitrogens with zero attached hydrogens (tertiary/aromatic N) is 3. The third-order valence-corrected chi connectivity index (χ3v) is 4.24. The van der Waals surface area contributed by atoms with Crippen LogP contribution in [0.5, 0.6) is 5.75 Å². The highest BCUT2D eigenvalue weighted by Gasteiger charge is 2.38. The first kappa shape index (κ1) is 18.5. The number of ether oxygens (including phenoxy) is 1. The molecule has 1 aromatic heterocycles. The molecule has 0 fully saturated rings. The SMILES string of the molecule is CC1(C)OC(=C(C#N)C#N)C(C#N)=C1/C=C/c1cc2ccc(O)cc2oc1=O. The van der Waals surface area contributed by atoms with E-state index in [0.29, 0.717) is 11.0 Å². The molecule has 0 spiro atoms. The van der Waals surface area contributed by atoms with Crippen LogP contribution < -0.4 is 5.63 Å². The van der Waals surface area contributed by atoms with E-state index >= 15 is 0 Å². The van der Waals surface area contributed by atoms with E-state index in [2.05, 4.69) is 0 Å². The Morgan fingerprint density at radius 1 is 1.14 bits per heavy atom. The number of allylic oxidation sites excluding steroid dienone is 2. The average Bonchev–Trinajstić information content (AvgIpc) is 2.90. The minimum Gasteiger partial charge on any atom is -0.508 e. The lowest BCUT2D eigenvalue weighted by atomic mass is 9.94. The molecule has 1 aliphatic rings. The molecule has 1 aromatic carbocycles. The molecule has 0 aliphatic carbocycles. The number of nitriles is 3. The standard InChI is InChI=1S/C21H13N3O4/c1-21(2)17(16(11-24)19(28-21)14(9-22)10-23)6-4-13-7-12-3-5-15(25)8-18(12)27-20(13)26/h3-8,25H,1-2H3/b6-4+. The van der Waals surface area contributed by atoms with Crippen molar-refractivity contribution in [1.29, 1.82) is 15.8 Å². The Bertz CT molecular complexity index is 1260. The van der Waals surface area contributed by atoms with Crippen molar-refractivity contribution in [1.82, 2.24) is 0 Å². The molecule has 2 heterocycles. The van der Waals surface area contributed by atoms with E-state index in [4.69, 9.17) is 19.7 Å². The lowest BCUT2D eigenvalue weighted by Gasteiger charge is -2.20. The summed E-state index contributed by atoms with van der Waals surface area (Å²) < 4.78 is 10.9. The van der Waals surface area contributed by atoms with Gasteiger partial charge in [-0.15, -0.1) is 0 Å². The van der Waals surface area contributed by atoms with Crippen LogP contribution in [0.15, 0.2) is 62.0 Å². The van der Waals surface area contributed by atoms with Gasteiger partial charge in [0.05, 0.1) is 5.56 Å². The Hall–Kier alpha value is -4.28. The first-order chi connectivity index (χ1) is 13.3. The molecule has 136 valence electrons. The summed E-state index contributed by atoms with van der Waals surface area (Å²) in [5.41, 5.74) is -0.904. The number of phenolic OH excluding ortho intramolecular Hbond substituents is 1. The van der Waals surface area contributed by atoms with Crippen LogP contribution in [0.3, 0.4) is 0 Å². The number of rotatable bonds is 2. The summed E-state index contributed by atoms with van der Waals surface area (Å²) in [4.78, 5) is 12.2. The van der Waals surface area contributed by atoms with E-state index in [9.17, 15) is 15.2 Å². The molecule has 0 bridgehead atoms. The number of aromatic hydroxyl groups is 1. The van der Waals surface area contributed by atoms with E-state index in [1.807, 2.05) is 6.07 Å². The van der Waals surface area contributed by atoms with E-state index < -0.39 is 11.2 Å². The lowest BCUT2D eigenvalue weighted by Crippen LogP contribution is -2.20. The minimum absolute atomic E-state index is 0.0160. The lowest BCUT2D eigenvalue weighted by molar-refractivity contribution is 0.0954. The summed E-state index contributed by atoms with van der Waals surface area (Å²) in [6.07, 6.45) is 3.02. The van der Waals surface area contributed by atoms with Crippen molar-refractivity contribution >= 4 is 17.0 Å². The van der Waals surface area contributed by atoms with Crippen molar-refractivity contribution in [3.63, 3.8) is 0 Å². The van der Waals surface area contributed by atoms with Gasteiger partial charge in [-0.3, -0.25) is 0 Å². The molecule has 1 aliphatic heterocycles. The van der Waals surface area contributed by atoms with Gasteiger partial charge in [0.15, 0.2) is 11.3 Å². The van der Waals surface area contributed by atoms with Gasteiger partial charge in [-0.1, -0.05) is 6.08 Å². The van der Waals surface area contributed by atoms with Crippen LogP contribution in [-0.4, -0.2) is 10.7 Å². The Kier molecular flexibility index (Phi) is 4.49. The fourth-order valence-corrected chi connectivity index (χ4v) is 2.89. The van der Waals surface area contributed by atoms with E-state index in [0.717, 1.165) is 0 Å².